The van der Waals surface area contributed by atoms with Crippen molar-refractivity contribution in [1.29, 1.82) is 0 Å². The zero-order valence-electron chi connectivity index (χ0n) is 19.5. The molecule has 0 fully saturated rings. The molecule has 0 aromatic heterocycles. The second-order valence-electron chi connectivity index (χ2n) is 7.42. The molecule has 2 amide bonds. The Balaban J connectivity index is 0.00000233. The van der Waals surface area contributed by atoms with Crippen LogP contribution in [0.25, 0.3) is 0 Å². The van der Waals surface area contributed by atoms with Crippen LogP contribution in [0.2, 0.25) is 0 Å². The van der Waals surface area contributed by atoms with Crippen molar-refractivity contribution in [1.82, 2.24) is 5.32 Å². The lowest BCUT2D eigenvalue weighted by atomic mass is 10.1. The SMILES string of the molecule is CC.COCC(N)CN(C(=O)NCc1ccccc1)c1ccc(C#CCC(C)C)cc1. The van der Waals surface area contributed by atoms with Crippen LogP contribution in [0.3, 0.4) is 0 Å². The fourth-order valence-electron chi connectivity index (χ4n) is 2.76. The molecule has 0 aliphatic heterocycles. The number of nitrogens with zero attached hydrogens (tertiary/aromatic N) is 1. The summed E-state index contributed by atoms with van der Waals surface area (Å²) < 4.78 is 5.13. The van der Waals surface area contributed by atoms with E-state index in [4.69, 9.17) is 10.5 Å². The molecule has 1 unspecified atom stereocenters. The van der Waals surface area contributed by atoms with Crippen molar-refractivity contribution in [3.8, 4) is 11.8 Å². The predicted molar refractivity (Wildman–Crippen MR) is 130 cm³/mol. The maximum Gasteiger partial charge on any atom is 0.322 e. The number of carbonyl (C=O) groups is 1. The fourth-order valence-corrected chi connectivity index (χ4v) is 2.76. The van der Waals surface area contributed by atoms with Gasteiger partial charge in [0, 0.05) is 43.9 Å². The first kappa shape index (κ1) is 26.2. The summed E-state index contributed by atoms with van der Waals surface area (Å²) in [5, 5.41) is 2.97. The number of anilines is 1. The van der Waals surface area contributed by atoms with E-state index in [-0.39, 0.29) is 12.1 Å². The number of nitrogens with two attached hydrogens (primary N) is 1. The summed E-state index contributed by atoms with van der Waals surface area (Å²) in [5.41, 5.74) is 8.87. The molecule has 0 radical (unpaired) electrons. The predicted octanol–water partition coefficient (Wildman–Crippen LogP) is 4.80. The number of carbonyl (C=O) groups excluding carboxylic acids is 1. The van der Waals surface area contributed by atoms with E-state index >= 15 is 0 Å². The topological polar surface area (TPSA) is 67.6 Å². The average molecular weight is 424 g/mol. The minimum Gasteiger partial charge on any atom is -0.383 e. The Kier molecular flexibility index (Phi) is 12.7. The highest BCUT2D eigenvalue weighted by atomic mass is 16.5. The van der Waals surface area contributed by atoms with Gasteiger partial charge in [0.15, 0.2) is 0 Å². The summed E-state index contributed by atoms with van der Waals surface area (Å²) in [6.07, 6.45) is 0.863. The van der Waals surface area contributed by atoms with Gasteiger partial charge >= 0.3 is 6.03 Å². The Morgan fingerprint density at radius 3 is 2.32 bits per heavy atom. The molecule has 0 aliphatic rings. The van der Waals surface area contributed by atoms with Crippen molar-refractivity contribution in [2.24, 2.45) is 11.7 Å². The van der Waals surface area contributed by atoms with Gasteiger partial charge in [-0.25, -0.2) is 4.79 Å². The Labute approximate surface area is 188 Å². The van der Waals surface area contributed by atoms with Gasteiger partial charge in [-0.1, -0.05) is 69.9 Å². The molecule has 0 saturated carbocycles. The van der Waals surface area contributed by atoms with E-state index < -0.39 is 0 Å². The second kappa shape index (κ2) is 15.1. The third kappa shape index (κ3) is 10.2. The lowest BCUT2D eigenvalue weighted by Crippen LogP contribution is -2.47. The Morgan fingerprint density at radius 2 is 1.74 bits per heavy atom. The van der Waals surface area contributed by atoms with Gasteiger partial charge in [0.05, 0.1) is 6.61 Å². The van der Waals surface area contributed by atoms with Crippen molar-refractivity contribution in [2.45, 2.75) is 46.7 Å². The van der Waals surface area contributed by atoms with E-state index in [0.717, 1.165) is 23.2 Å². The molecule has 1 atom stereocenters. The van der Waals surface area contributed by atoms with E-state index in [1.807, 2.05) is 68.4 Å². The molecule has 0 saturated heterocycles. The average Bonchev–Trinajstić information content (AvgIpc) is 2.78. The lowest BCUT2D eigenvalue weighted by molar-refractivity contribution is 0.181. The normalized spacial score (nSPS) is 10.9. The standard InChI is InChI=1S/C24H31N3O2.C2H6/c1-19(2)8-7-11-20-12-14-23(15-13-20)27(17-22(25)18-29-3)24(28)26-16-21-9-5-4-6-10-21;1-2/h4-6,9-10,12-15,19,22H,8,16-18,25H2,1-3H3,(H,26,28);1-2H3. The highest BCUT2D eigenvalue weighted by Crippen LogP contribution is 2.16. The number of benzene rings is 2. The molecule has 31 heavy (non-hydrogen) atoms. The van der Waals surface area contributed by atoms with Gasteiger partial charge in [0.2, 0.25) is 0 Å². The number of hydrogen-bond acceptors (Lipinski definition) is 3. The van der Waals surface area contributed by atoms with Crippen LogP contribution in [-0.4, -0.2) is 32.3 Å². The number of rotatable bonds is 8. The number of hydrogen-bond donors (Lipinski definition) is 2. The monoisotopic (exact) mass is 423 g/mol. The highest BCUT2D eigenvalue weighted by Gasteiger charge is 2.18. The number of nitrogens with one attached hydrogen (secondary N) is 1. The van der Waals surface area contributed by atoms with E-state index in [9.17, 15) is 4.79 Å². The molecule has 2 rings (SSSR count). The van der Waals surface area contributed by atoms with Crippen LogP contribution in [0.15, 0.2) is 54.6 Å². The zero-order chi connectivity index (χ0) is 23.1. The molecule has 3 N–H and O–H groups in total. The maximum atomic E-state index is 12.9. The number of methoxy groups -OCH3 is 1. The van der Waals surface area contributed by atoms with Crippen molar-refractivity contribution >= 4 is 11.7 Å². The van der Waals surface area contributed by atoms with Crippen LogP contribution < -0.4 is 16.0 Å². The summed E-state index contributed by atoms with van der Waals surface area (Å²) in [4.78, 5) is 14.5. The zero-order valence-corrected chi connectivity index (χ0v) is 19.5. The van der Waals surface area contributed by atoms with Gasteiger partial charge in [-0.15, -0.1) is 0 Å². The van der Waals surface area contributed by atoms with E-state index in [2.05, 4.69) is 31.0 Å². The van der Waals surface area contributed by atoms with Crippen LogP contribution >= 0.6 is 0 Å². The van der Waals surface area contributed by atoms with E-state index in [1.54, 1.807) is 12.0 Å². The van der Waals surface area contributed by atoms with Gasteiger partial charge in [-0.05, 0) is 35.7 Å². The molecule has 5 heteroatoms. The molecule has 0 heterocycles. The quantitative estimate of drug-likeness (QED) is 0.599. The van der Waals surface area contributed by atoms with Crippen LogP contribution in [0.4, 0.5) is 10.5 Å². The molecule has 0 spiro atoms. The molecule has 168 valence electrons. The smallest absolute Gasteiger partial charge is 0.322 e. The third-order valence-corrected chi connectivity index (χ3v) is 4.25. The van der Waals surface area contributed by atoms with Crippen molar-refractivity contribution in [3.05, 3.63) is 65.7 Å². The first-order valence-corrected chi connectivity index (χ1v) is 10.9. The second-order valence-corrected chi connectivity index (χ2v) is 7.42. The van der Waals surface area contributed by atoms with Gasteiger partial charge in [0.25, 0.3) is 0 Å². The summed E-state index contributed by atoms with van der Waals surface area (Å²) in [6, 6.07) is 17.0. The molecule has 5 nitrogen and oxygen atoms in total. The van der Waals surface area contributed by atoms with Crippen LogP contribution in [0.1, 0.15) is 45.2 Å². The van der Waals surface area contributed by atoms with Crippen LogP contribution in [0.5, 0.6) is 0 Å². The minimum absolute atomic E-state index is 0.195. The minimum atomic E-state index is -0.284. The number of amides is 2. The molecule has 2 aromatic rings. The summed E-state index contributed by atoms with van der Waals surface area (Å²) in [5.74, 6) is 6.89. The van der Waals surface area contributed by atoms with Crippen LogP contribution in [0, 0.1) is 17.8 Å². The summed E-state index contributed by atoms with van der Waals surface area (Å²) >= 11 is 0. The van der Waals surface area contributed by atoms with Gasteiger partial charge in [-0.2, -0.15) is 0 Å². The molecular formula is C26H37N3O2. The van der Waals surface area contributed by atoms with Crippen molar-refractivity contribution < 1.29 is 9.53 Å². The highest BCUT2D eigenvalue weighted by molar-refractivity contribution is 5.92. The number of urea groups is 1. The van der Waals surface area contributed by atoms with Gasteiger partial charge in [-0.3, -0.25) is 4.90 Å². The molecular weight excluding hydrogens is 386 g/mol. The Morgan fingerprint density at radius 1 is 1.10 bits per heavy atom. The summed E-state index contributed by atoms with van der Waals surface area (Å²) in [6.45, 7) is 9.47. The molecule has 0 bridgehead atoms. The number of ether oxygens (including phenoxy) is 1. The summed E-state index contributed by atoms with van der Waals surface area (Å²) in [7, 11) is 1.60. The van der Waals surface area contributed by atoms with Crippen molar-refractivity contribution in [3.63, 3.8) is 0 Å². The van der Waals surface area contributed by atoms with E-state index in [0.29, 0.717) is 25.6 Å². The maximum absolute atomic E-state index is 12.9. The molecule has 0 aliphatic carbocycles. The Bertz CT molecular complexity index is 808. The Hall–Kier alpha value is -2.81. The first-order chi connectivity index (χ1) is 15.0. The lowest BCUT2D eigenvalue weighted by Gasteiger charge is -2.26. The first-order valence-electron chi connectivity index (χ1n) is 10.9. The van der Waals surface area contributed by atoms with Crippen molar-refractivity contribution in [2.75, 3.05) is 25.2 Å². The third-order valence-electron chi connectivity index (χ3n) is 4.25. The van der Waals surface area contributed by atoms with E-state index in [1.165, 1.54) is 0 Å². The van der Waals surface area contributed by atoms with Gasteiger partial charge < -0.3 is 15.8 Å². The largest absolute Gasteiger partial charge is 0.383 e. The van der Waals surface area contributed by atoms with Crippen LogP contribution in [-0.2, 0) is 11.3 Å². The van der Waals surface area contributed by atoms with Gasteiger partial charge in [0.1, 0.15) is 0 Å². The molecule has 2 aromatic carbocycles. The fraction of sp³-hybridized carbons (Fsp3) is 0.423.